The van der Waals surface area contributed by atoms with Crippen LogP contribution in [0.25, 0.3) is 0 Å². The van der Waals surface area contributed by atoms with Crippen molar-refractivity contribution in [2.24, 2.45) is 17.8 Å². The summed E-state index contributed by atoms with van der Waals surface area (Å²) in [5.41, 5.74) is 0.805. The molecule has 1 saturated carbocycles. The molecule has 1 aromatic carbocycles. The van der Waals surface area contributed by atoms with E-state index in [2.05, 4.69) is 22.3 Å². The molecule has 58 heavy (non-hydrogen) atoms. The van der Waals surface area contributed by atoms with Gasteiger partial charge < -0.3 is 39.5 Å². The molecule has 15 nitrogen and oxygen atoms in total. The number of carbonyl (C=O) groups excluding carboxylic acids is 6. The third-order valence-corrected chi connectivity index (χ3v) is 13.1. The highest BCUT2D eigenvalue weighted by atomic mass is 32.2. The third-order valence-electron chi connectivity index (χ3n) is 12.0. The highest BCUT2D eigenvalue weighted by molar-refractivity contribution is 7.98. The number of ether oxygens (including phenoxy) is 3. The van der Waals surface area contributed by atoms with E-state index in [0.29, 0.717) is 36.3 Å². The summed E-state index contributed by atoms with van der Waals surface area (Å²) in [7, 11) is 4.71. The van der Waals surface area contributed by atoms with Crippen molar-refractivity contribution in [3.63, 3.8) is 0 Å². The summed E-state index contributed by atoms with van der Waals surface area (Å²) < 4.78 is 20.6. The van der Waals surface area contributed by atoms with Crippen LogP contribution in [0, 0.1) is 17.8 Å². The Hall–Kier alpha value is -3.89. The topological polar surface area (TPSA) is 176 Å². The number of methoxy groups -OCH3 is 2. The number of nitrogens with one attached hydrogen (secondary N) is 3. The average Bonchev–Trinajstić information content (AvgIpc) is 3.94. The number of rotatable bonds is 23. The molecular weight excluding hydrogens is 765 g/mol. The van der Waals surface area contributed by atoms with Crippen LogP contribution < -0.4 is 20.1 Å². The monoisotopic (exact) mass is 830 g/mol. The molecule has 0 radical (unpaired) electrons. The van der Waals surface area contributed by atoms with Gasteiger partial charge in [-0.3, -0.25) is 33.5 Å². The largest absolute Gasteiger partial charge is 0.484 e. The van der Waals surface area contributed by atoms with Gasteiger partial charge in [-0.15, -0.1) is 0 Å². The van der Waals surface area contributed by atoms with Crippen LogP contribution in [-0.4, -0.2) is 140 Å². The number of benzene rings is 1. The first-order valence-corrected chi connectivity index (χ1v) is 21.7. The van der Waals surface area contributed by atoms with E-state index in [1.54, 1.807) is 35.9 Å². The van der Waals surface area contributed by atoms with Crippen LogP contribution in [0.2, 0.25) is 0 Å². The minimum absolute atomic E-state index is 0.00371. The highest BCUT2D eigenvalue weighted by Crippen LogP contribution is 2.32. The summed E-state index contributed by atoms with van der Waals surface area (Å²) in [5, 5.41) is 5.77. The first-order valence-electron chi connectivity index (χ1n) is 20.8. The van der Waals surface area contributed by atoms with E-state index in [-0.39, 0.29) is 61.4 Å². The van der Waals surface area contributed by atoms with Crippen LogP contribution in [-0.2, 0) is 44.7 Å². The second kappa shape index (κ2) is 23.0. The molecule has 2 heterocycles. The fraction of sp³-hybridized carbons (Fsp3) is 0.714. The molecule has 3 fully saturated rings. The zero-order valence-corrected chi connectivity index (χ0v) is 36.2. The molecule has 2 saturated heterocycles. The van der Waals surface area contributed by atoms with Gasteiger partial charge in [0.05, 0.1) is 43.2 Å². The molecule has 16 heteroatoms. The Morgan fingerprint density at radius 2 is 1.64 bits per heavy atom. The summed E-state index contributed by atoms with van der Waals surface area (Å²) in [6.07, 6.45) is 5.58. The smallest absolute Gasteiger partial charge is 0.260 e. The number of amides is 6. The van der Waals surface area contributed by atoms with E-state index in [0.717, 1.165) is 57.2 Å². The van der Waals surface area contributed by atoms with Gasteiger partial charge in [0, 0.05) is 52.6 Å². The average molecular weight is 831 g/mol. The second-order valence-corrected chi connectivity index (χ2v) is 17.3. The number of hydrogen-bond donors (Lipinski definition) is 3. The molecule has 7 atom stereocenters. The van der Waals surface area contributed by atoms with Crippen LogP contribution in [0.4, 0.5) is 0 Å². The van der Waals surface area contributed by atoms with Crippen LogP contribution in [0.3, 0.4) is 0 Å². The molecule has 0 bridgehead atoms. The van der Waals surface area contributed by atoms with Crippen molar-refractivity contribution < 1.29 is 43.0 Å². The third kappa shape index (κ3) is 13.3. The maximum atomic E-state index is 14.0. The lowest BCUT2D eigenvalue weighted by Crippen LogP contribution is -2.55. The molecule has 1 aliphatic carbocycles. The number of hydrogen-bond acceptors (Lipinski definition) is 10. The lowest BCUT2D eigenvalue weighted by atomic mass is 9.90. The minimum atomic E-state index is -0.878. The number of nitrogens with zero attached hydrogens (tertiary/aromatic N) is 3. The number of piperidine rings is 1. The second-order valence-electron chi connectivity index (χ2n) is 16.2. The minimum Gasteiger partial charge on any atom is -0.484 e. The number of carbonyl (C=O) groups is 6. The summed E-state index contributed by atoms with van der Waals surface area (Å²) >= 11 is 1.38. The summed E-state index contributed by atoms with van der Waals surface area (Å²) in [4.78, 5) is 83.2. The van der Waals surface area contributed by atoms with Crippen molar-refractivity contribution in [2.75, 3.05) is 54.1 Å². The van der Waals surface area contributed by atoms with E-state index >= 15 is 0 Å². The maximum Gasteiger partial charge on any atom is 0.260 e. The first kappa shape index (κ1) is 46.8. The lowest BCUT2D eigenvalue weighted by molar-refractivity contribution is -0.145. The van der Waals surface area contributed by atoms with Gasteiger partial charge in [0.1, 0.15) is 11.8 Å². The van der Waals surface area contributed by atoms with Crippen molar-refractivity contribution >= 4 is 47.9 Å². The van der Waals surface area contributed by atoms with Crippen molar-refractivity contribution in [3.05, 3.63) is 29.8 Å². The van der Waals surface area contributed by atoms with Gasteiger partial charge in [-0.2, -0.15) is 0 Å². The van der Waals surface area contributed by atoms with Crippen LogP contribution in [0.5, 0.6) is 5.75 Å². The fourth-order valence-corrected chi connectivity index (χ4v) is 8.74. The number of likely N-dealkylation sites (tertiary alicyclic amines) is 2. The fourth-order valence-electron chi connectivity index (χ4n) is 7.94. The summed E-state index contributed by atoms with van der Waals surface area (Å²) in [6, 6.07) is 5.51. The molecule has 2 aliphatic heterocycles. The molecule has 3 N–H and O–H groups in total. The highest BCUT2D eigenvalue weighted by Gasteiger charge is 2.42. The zero-order chi connectivity index (χ0) is 42.4. The van der Waals surface area contributed by atoms with E-state index in [1.165, 1.54) is 26.2 Å². The molecule has 324 valence electrons. The van der Waals surface area contributed by atoms with Gasteiger partial charge >= 0.3 is 0 Å². The van der Waals surface area contributed by atoms with E-state index in [9.17, 15) is 28.8 Å². The Morgan fingerprint density at radius 1 is 0.948 bits per heavy atom. The first-order chi connectivity index (χ1) is 27.8. The van der Waals surface area contributed by atoms with Gasteiger partial charge in [-0.05, 0) is 80.0 Å². The molecule has 4 unspecified atom stereocenters. The van der Waals surface area contributed by atoms with Crippen molar-refractivity contribution in [1.82, 2.24) is 30.1 Å². The molecular formula is C42H66N6O9S. The standard InChI is InChI=1S/C42H66N6O9S/c1-8-28(3)39(46(5)37(51)24-43-26-49)35(55-6)23-36(50)48-19-9-10-34(48)40(56-7)29(4)41(53)44-33(42(54)45-58-32-15-16-32)22-30-11-13-31(14-12-30)57-25-38(52)47-20-17-27(2)18-21-47/h11-14,26-29,32-35,39-40H,8-10,15-25H2,1-7H3,(H,43,49)(H,44,53)(H,45,54)/t28?,29-,33+,34?,35?,39?,40-/m1/s1. The van der Waals surface area contributed by atoms with Gasteiger partial charge in [-0.25, -0.2) is 0 Å². The Kier molecular flexibility index (Phi) is 18.6. The van der Waals surface area contributed by atoms with Gasteiger partial charge in [0.15, 0.2) is 6.61 Å². The Bertz CT molecular complexity index is 1520. The predicted octanol–water partition coefficient (Wildman–Crippen LogP) is 2.94. The molecule has 3 aliphatic rings. The summed E-state index contributed by atoms with van der Waals surface area (Å²) in [6.45, 7) is 9.74. The molecule has 1 aromatic rings. The Balaban J connectivity index is 1.41. The van der Waals surface area contributed by atoms with Crippen LogP contribution in [0.15, 0.2) is 24.3 Å². The Morgan fingerprint density at radius 3 is 2.24 bits per heavy atom. The van der Waals surface area contributed by atoms with Gasteiger partial charge in [0.25, 0.3) is 11.8 Å². The normalized spacial score (nSPS) is 20.2. The van der Waals surface area contributed by atoms with Crippen LogP contribution >= 0.6 is 11.9 Å². The van der Waals surface area contributed by atoms with E-state index in [4.69, 9.17) is 14.2 Å². The van der Waals surface area contributed by atoms with E-state index in [1.807, 2.05) is 30.9 Å². The predicted molar refractivity (Wildman–Crippen MR) is 221 cm³/mol. The molecule has 0 spiro atoms. The number of likely N-dealkylation sites (N-methyl/N-ethyl adjacent to an activating group) is 1. The van der Waals surface area contributed by atoms with Crippen molar-refractivity contribution in [3.8, 4) is 5.75 Å². The molecule has 0 aromatic heterocycles. The van der Waals surface area contributed by atoms with Gasteiger partial charge in [-0.1, -0.05) is 46.2 Å². The van der Waals surface area contributed by atoms with E-state index < -0.39 is 36.3 Å². The quantitative estimate of drug-likeness (QED) is 0.110. The van der Waals surface area contributed by atoms with Crippen molar-refractivity contribution in [1.29, 1.82) is 0 Å². The SMILES string of the molecule is CCC(C)C(C(CC(=O)N1CCCC1[C@H](OC)[C@@H](C)C(=O)N[C@@H](Cc1ccc(OCC(=O)N2CCC(C)CC2)cc1)C(=O)NSC1CC1)OC)N(C)C(=O)CNC=O. The molecule has 4 rings (SSSR count). The lowest BCUT2D eigenvalue weighted by Gasteiger charge is -2.39. The summed E-state index contributed by atoms with van der Waals surface area (Å²) in [5.74, 6) is -0.724. The van der Waals surface area contributed by atoms with Gasteiger partial charge in [0.2, 0.25) is 24.1 Å². The van der Waals surface area contributed by atoms with Crippen molar-refractivity contribution in [2.45, 2.75) is 121 Å². The maximum absolute atomic E-state index is 14.0. The Labute approximate surface area is 348 Å². The van der Waals surface area contributed by atoms with Crippen LogP contribution in [0.1, 0.15) is 84.6 Å². The molecule has 6 amide bonds. The zero-order valence-electron chi connectivity index (χ0n) is 35.4.